The molecule has 128 valence electrons. The Labute approximate surface area is 145 Å². The number of unbranched alkanes of at least 4 members (excludes halogenated alkanes) is 1. The molecule has 0 saturated carbocycles. The molecule has 0 aliphatic heterocycles. The third-order valence-corrected chi connectivity index (χ3v) is 4.45. The highest BCUT2D eigenvalue weighted by molar-refractivity contribution is 8.00. The Kier molecular flexibility index (Phi) is 6.54. The minimum Gasteiger partial charge on any atom is -0.325 e. The number of aromatic nitrogens is 3. The maximum absolute atomic E-state index is 12.2. The van der Waals surface area contributed by atoms with Crippen LogP contribution in [-0.4, -0.2) is 32.1 Å². The molecule has 0 spiro atoms. The van der Waals surface area contributed by atoms with Crippen molar-refractivity contribution in [1.29, 1.82) is 0 Å². The number of Topliss-reactive ketones (excluding diaryl/α,β-unsaturated/α-hetero) is 1. The van der Waals surface area contributed by atoms with Gasteiger partial charge in [-0.05, 0) is 44.5 Å². The monoisotopic (exact) mass is 346 g/mol. The molecule has 0 fully saturated rings. The van der Waals surface area contributed by atoms with Crippen LogP contribution >= 0.6 is 11.8 Å². The van der Waals surface area contributed by atoms with E-state index in [-0.39, 0.29) is 16.9 Å². The summed E-state index contributed by atoms with van der Waals surface area (Å²) in [7, 11) is 0. The van der Waals surface area contributed by atoms with Crippen molar-refractivity contribution >= 4 is 29.1 Å². The van der Waals surface area contributed by atoms with E-state index >= 15 is 0 Å². The van der Waals surface area contributed by atoms with Crippen LogP contribution in [0.1, 0.15) is 49.8 Å². The number of carbonyl (C=O) groups is 2. The van der Waals surface area contributed by atoms with Crippen LogP contribution in [0.15, 0.2) is 29.4 Å². The molecule has 24 heavy (non-hydrogen) atoms. The van der Waals surface area contributed by atoms with Gasteiger partial charge in [-0.3, -0.25) is 14.7 Å². The summed E-state index contributed by atoms with van der Waals surface area (Å²) < 4.78 is 0. The Morgan fingerprint density at radius 3 is 2.62 bits per heavy atom. The smallest absolute Gasteiger partial charge is 0.237 e. The number of ketones is 1. The Morgan fingerprint density at radius 1 is 1.29 bits per heavy atom. The standard InChI is InChI=1S/C17H22N4O2S/c1-4-5-6-15-19-17(21-20-15)24-12(3)16(23)18-14-9-7-13(8-10-14)11(2)22/h7-10,12H,4-6H2,1-3H3,(H,18,23)(H,19,20,21). The largest absolute Gasteiger partial charge is 0.325 e. The molecular formula is C17H22N4O2S. The lowest BCUT2D eigenvalue weighted by atomic mass is 10.1. The van der Waals surface area contributed by atoms with Crippen molar-refractivity contribution < 1.29 is 9.59 Å². The van der Waals surface area contributed by atoms with Gasteiger partial charge in [-0.1, -0.05) is 25.1 Å². The van der Waals surface area contributed by atoms with Gasteiger partial charge in [0.05, 0.1) is 5.25 Å². The van der Waals surface area contributed by atoms with Gasteiger partial charge >= 0.3 is 0 Å². The fourth-order valence-corrected chi connectivity index (χ4v) is 2.77. The maximum Gasteiger partial charge on any atom is 0.237 e. The number of anilines is 1. The SMILES string of the molecule is CCCCc1nc(SC(C)C(=O)Nc2ccc(C(C)=O)cc2)n[nH]1. The molecule has 0 radical (unpaired) electrons. The molecule has 1 aromatic carbocycles. The summed E-state index contributed by atoms with van der Waals surface area (Å²) in [5, 5.41) is 10.1. The molecule has 1 aromatic heterocycles. The normalized spacial score (nSPS) is 12.0. The second kappa shape index (κ2) is 8.63. The zero-order chi connectivity index (χ0) is 17.5. The summed E-state index contributed by atoms with van der Waals surface area (Å²) in [5.74, 6) is 0.725. The lowest BCUT2D eigenvalue weighted by Crippen LogP contribution is -2.22. The Bertz CT molecular complexity index is 697. The van der Waals surface area contributed by atoms with Crippen molar-refractivity contribution in [3.05, 3.63) is 35.7 Å². The minimum atomic E-state index is -0.327. The Balaban J connectivity index is 1.89. The number of hydrogen-bond acceptors (Lipinski definition) is 5. The maximum atomic E-state index is 12.2. The van der Waals surface area contributed by atoms with E-state index in [1.54, 1.807) is 24.3 Å². The minimum absolute atomic E-state index is 0.000263. The van der Waals surface area contributed by atoms with Crippen LogP contribution in [0.5, 0.6) is 0 Å². The topological polar surface area (TPSA) is 87.7 Å². The summed E-state index contributed by atoms with van der Waals surface area (Å²) >= 11 is 1.31. The number of hydrogen-bond donors (Lipinski definition) is 2. The number of amides is 1. The zero-order valence-corrected chi connectivity index (χ0v) is 14.9. The molecule has 0 aliphatic carbocycles. The number of nitrogens with one attached hydrogen (secondary N) is 2. The number of rotatable bonds is 8. The van der Waals surface area contributed by atoms with Gasteiger partial charge in [-0.25, -0.2) is 4.98 Å². The molecule has 1 atom stereocenters. The summed E-state index contributed by atoms with van der Waals surface area (Å²) in [5.41, 5.74) is 1.28. The summed E-state index contributed by atoms with van der Waals surface area (Å²) in [4.78, 5) is 27.9. The van der Waals surface area contributed by atoms with Gasteiger partial charge in [0.25, 0.3) is 0 Å². The van der Waals surface area contributed by atoms with Crippen molar-refractivity contribution in [2.24, 2.45) is 0 Å². The number of nitrogens with zero attached hydrogens (tertiary/aromatic N) is 2. The van der Waals surface area contributed by atoms with Crippen LogP contribution in [0.25, 0.3) is 0 Å². The number of H-pyrrole nitrogens is 1. The van der Waals surface area contributed by atoms with Gasteiger partial charge in [0.2, 0.25) is 11.1 Å². The first-order valence-electron chi connectivity index (χ1n) is 7.99. The second-order valence-corrected chi connectivity index (χ2v) is 6.86. The van der Waals surface area contributed by atoms with Crippen LogP contribution in [0.2, 0.25) is 0 Å². The van der Waals surface area contributed by atoms with Crippen molar-refractivity contribution in [2.75, 3.05) is 5.32 Å². The van der Waals surface area contributed by atoms with Gasteiger partial charge < -0.3 is 5.32 Å². The lowest BCUT2D eigenvalue weighted by molar-refractivity contribution is -0.115. The summed E-state index contributed by atoms with van der Waals surface area (Å²) in [6, 6.07) is 6.85. The number of carbonyl (C=O) groups excluding carboxylic acids is 2. The van der Waals surface area contributed by atoms with E-state index in [2.05, 4.69) is 27.4 Å². The second-order valence-electron chi connectivity index (χ2n) is 5.55. The van der Waals surface area contributed by atoms with E-state index in [4.69, 9.17) is 0 Å². The van der Waals surface area contributed by atoms with Gasteiger partial charge in [-0.15, -0.1) is 5.10 Å². The highest BCUT2D eigenvalue weighted by Crippen LogP contribution is 2.21. The molecular weight excluding hydrogens is 324 g/mol. The molecule has 0 bridgehead atoms. The predicted octanol–water partition coefficient (Wildman–Crippen LogP) is 3.47. The average Bonchev–Trinajstić information content (AvgIpc) is 3.00. The van der Waals surface area contributed by atoms with E-state index in [9.17, 15) is 9.59 Å². The van der Waals surface area contributed by atoms with Crippen molar-refractivity contribution in [2.45, 2.75) is 50.4 Å². The first-order valence-corrected chi connectivity index (χ1v) is 8.87. The molecule has 1 unspecified atom stereocenters. The number of benzene rings is 1. The van der Waals surface area contributed by atoms with Crippen molar-refractivity contribution in [3.63, 3.8) is 0 Å². The number of thioether (sulfide) groups is 1. The molecule has 7 heteroatoms. The zero-order valence-electron chi connectivity index (χ0n) is 14.1. The third-order valence-electron chi connectivity index (χ3n) is 3.49. The fraction of sp³-hybridized carbons (Fsp3) is 0.412. The molecule has 2 rings (SSSR count). The van der Waals surface area contributed by atoms with E-state index in [0.717, 1.165) is 25.1 Å². The average molecular weight is 346 g/mol. The van der Waals surface area contributed by atoms with Crippen molar-refractivity contribution in [3.8, 4) is 0 Å². The molecule has 2 N–H and O–H groups in total. The quantitative estimate of drug-likeness (QED) is 0.564. The molecule has 0 aliphatic rings. The van der Waals surface area contributed by atoms with E-state index in [1.165, 1.54) is 18.7 Å². The van der Waals surface area contributed by atoms with Gasteiger partial charge in [-0.2, -0.15) is 0 Å². The highest BCUT2D eigenvalue weighted by atomic mass is 32.2. The first kappa shape index (κ1) is 18.2. The van der Waals surface area contributed by atoms with Crippen LogP contribution in [0, 0.1) is 0 Å². The van der Waals surface area contributed by atoms with Crippen LogP contribution in [0.4, 0.5) is 5.69 Å². The Hall–Kier alpha value is -2.15. The third kappa shape index (κ3) is 5.19. The number of aromatic amines is 1. The van der Waals surface area contributed by atoms with Gasteiger partial charge in [0, 0.05) is 17.7 Å². The highest BCUT2D eigenvalue weighted by Gasteiger charge is 2.17. The molecule has 1 amide bonds. The van der Waals surface area contributed by atoms with E-state index < -0.39 is 0 Å². The number of aryl methyl sites for hydroxylation is 1. The van der Waals surface area contributed by atoms with E-state index in [1.807, 2.05) is 6.92 Å². The van der Waals surface area contributed by atoms with Gasteiger partial charge in [0.15, 0.2) is 5.78 Å². The van der Waals surface area contributed by atoms with Crippen LogP contribution < -0.4 is 5.32 Å². The molecule has 1 heterocycles. The summed E-state index contributed by atoms with van der Waals surface area (Å²) in [6.45, 7) is 5.45. The molecule has 0 saturated heterocycles. The summed E-state index contributed by atoms with van der Waals surface area (Å²) in [6.07, 6.45) is 3.03. The molecule has 6 nitrogen and oxygen atoms in total. The predicted molar refractivity (Wildman–Crippen MR) is 95.4 cm³/mol. The van der Waals surface area contributed by atoms with Crippen molar-refractivity contribution in [1.82, 2.24) is 15.2 Å². The fourth-order valence-electron chi connectivity index (χ4n) is 2.03. The molecule has 2 aromatic rings. The first-order chi connectivity index (χ1) is 11.5. The Morgan fingerprint density at radius 2 is 2.00 bits per heavy atom. The van der Waals surface area contributed by atoms with E-state index in [0.29, 0.717) is 16.4 Å². The van der Waals surface area contributed by atoms with Crippen LogP contribution in [-0.2, 0) is 11.2 Å². The van der Waals surface area contributed by atoms with Gasteiger partial charge in [0.1, 0.15) is 5.82 Å². The van der Waals surface area contributed by atoms with Crippen LogP contribution in [0.3, 0.4) is 0 Å². The lowest BCUT2D eigenvalue weighted by Gasteiger charge is -2.10.